The number of fused-ring (bicyclic) bond motifs is 6. The van der Waals surface area contributed by atoms with Crippen LogP contribution in [0.1, 0.15) is 0 Å². The molecule has 0 aliphatic heterocycles. The Morgan fingerprint density at radius 1 is 0.432 bits per heavy atom. The molecular formula is C35H22N2. The number of hydrogen-bond donors (Lipinski definition) is 0. The van der Waals surface area contributed by atoms with Gasteiger partial charge in [0.1, 0.15) is 5.82 Å². The predicted molar refractivity (Wildman–Crippen MR) is 156 cm³/mol. The minimum atomic E-state index is 0.902. The lowest BCUT2D eigenvalue weighted by Gasteiger charge is -2.28. The van der Waals surface area contributed by atoms with Crippen molar-refractivity contribution >= 4 is 49.5 Å². The number of hydrogen-bond acceptors (Lipinski definition) is 2. The van der Waals surface area contributed by atoms with Crippen LogP contribution in [-0.4, -0.2) is 4.98 Å². The monoisotopic (exact) mass is 470 g/mol. The van der Waals surface area contributed by atoms with Crippen molar-refractivity contribution in [3.8, 4) is 22.3 Å². The largest absolute Gasteiger partial charge is 0.294 e. The summed E-state index contributed by atoms with van der Waals surface area (Å²) in [6.45, 7) is 0. The van der Waals surface area contributed by atoms with Crippen LogP contribution in [0.15, 0.2) is 134 Å². The van der Waals surface area contributed by atoms with Crippen molar-refractivity contribution in [2.24, 2.45) is 0 Å². The fraction of sp³-hybridized carbons (Fsp3) is 0. The molecule has 1 aliphatic carbocycles. The zero-order chi connectivity index (χ0) is 24.3. The van der Waals surface area contributed by atoms with Gasteiger partial charge in [0, 0.05) is 17.0 Å². The van der Waals surface area contributed by atoms with E-state index in [1.54, 1.807) is 0 Å². The molecule has 0 fully saturated rings. The first-order chi connectivity index (χ1) is 18.4. The Morgan fingerprint density at radius 2 is 1.08 bits per heavy atom. The van der Waals surface area contributed by atoms with E-state index < -0.39 is 0 Å². The molecule has 0 N–H and O–H groups in total. The summed E-state index contributed by atoms with van der Waals surface area (Å²) in [5.74, 6) is 0.902. The van der Waals surface area contributed by atoms with Crippen LogP contribution in [0, 0.1) is 0 Å². The van der Waals surface area contributed by atoms with Gasteiger partial charge in [-0.25, -0.2) is 4.98 Å². The fourth-order valence-corrected chi connectivity index (χ4v) is 6.07. The van der Waals surface area contributed by atoms with Crippen LogP contribution in [0.3, 0.4) is 0 Å². The number of pyridine rings is 1. The highest BCUT2D eigenvalue weighted by molar-refractivity contribution is 6.20. The zero-order valence-electron chi connectivity index (χ0n) is 20.1. The van der Waals surface area contributed by atoms with Crippen molar-refractivity contribution in [1.29, 1.82) is 0 Å². The van der Waals surface area contributed by atoms with E-state index in [0.717, 1.165) is 17.2 Å². The van der Waals surface area contributed by atoms with Gasteiger partial charge in [0.25, 0.3) is 0 Å². The quantitative estimate of drug-likeness (QED) is 0.239. The van der Waals surface area contributed by atoms with Crippen molar-refractivity contribution in [2.75, 3.05) is 4.90 Å². The van der Waals surface area contributed by atoms with Crippen LogP contribution in [0.5, 0.6) is 0 Å². The van der Waals surface area contributed by atoms with Gasteiger partial charge in [0.15, 0.2) is 0 Å². The normalized spacial score (nSPS) is 11.8. The lowest BCUT2D eigenvalue weighted by atomic mass is 9.97. The van der Waals surface area contributed by atoms with Gasteiger partial charge in [0.05, 0.1) is 11.4 Å². The number of rotatable bonds is 3. The summed E-state index contributed by atoms with van der Waals surface area (Å²) in [7, 11) is 0. The molecule has 6 aromatic carbocycles. The third-order valence-electron chi connectivity index (χ3n) is 7.63. The molecule has 0 radical (unpaired) electrons. The van der Waals surface area contributed by atoms with Gasteiger partial charge in [-0.15, -0.1) is 0 Å². The summed E-state index contributed by atoms with van der Waals surface area (Å²) in [4.78, 5) is 7.19. The van der Waals surface area contributed by atoms with E-state index in [1.165, 1.54) is 54.6 Å². The molecule has 2 nitrogen and oxygen atoms in total. The first-order valence-corrected chi connectivity index (χ1v) is 12.7. The van der Waals surface area contributed by atoms with Crippen LogP contribution in [0.2, 0.25) is 0 Å². The van der Waals surface area contributed by atoms with Gasteiger partial charge in [-0.1, -0.05) is 103 Å². The average Bonchev–Trinajstić information content (AvgIpc) is 3.30. The van der Waals surface area contributed by atoms with Crippen LogP contribution in [0.25, 0.3) is 54.6 Å². The molecular weight excluding hydrogens is 448 g/mol. The maximum Gasteiger partial charge on any atom is 0.137 e. The Hall–Kier alpha value is -4.95. The van der Waals surface area contributed by atoms with Crippen molar-refractivity contribution in [1.82, 2.24) is 4.98 Å². The summed E-state index contributed by atoms with van der Waals surface area (Å²) in [6, 6.07) is 45.8. The van der Waals surface area contributed by atoms with Crippen LogP contribution in [0.4, 0.5) is 17.2 Å². The van der Waals surface area contributed by atoms with E-state index in [9.17, 15) is 0 Å². The minimum absolute atomic E-state index is 0.902. The molecule has 0 amide bonds. The lowest BCUT2D eigenvalue weighted by molar-refractivity contribution is 1.20. The number of nitrogens with zero attached hydrogens (tertiary/aromatic N) is 2. The SMILES string of the molecule is c1ccc(N(c2ccc3c4c(cccc24)-c2ccccc2-3)c2cc3ccccc3c3ccccc23)nc1. The Kier molecular flexibility index (Phi) is 4.26. The molecule has 0 spiro atoms. The summed E-state index contributed by atoms with van der Waals surface area (Å²) < 4.78 is 0. The third-order valence-corrected chi connectivity index (χ3v) is 7.63. The molecule has 37 heavy (non-hydrogen) atoms. The smallest absolute Gasteiger partial charge is 0.137 e. The molecule has 8 rings (SSSR count). The maximum atomic E-state index is 4.85. The molecule has 0 atom stereocenters. The highest BCUT2D eigenvalue weighted by Gasteiger charge is 2.25. The first-order valence-electron chi connectivity index (χ1n) is 12.7. The second-order valence-electron chi connectivity index (χ2n) is 9.59. The molecule has 1 aromatic heterocycles. The Morgan fingerprint density at radius 3 is 1.89 bits per heavy atom. The molecule has 1 aliphatic rings. The van der Waals surface area contributed by atoms with E-state index in [0.29, 0.717) is 0 Å². The van der Waals surface area contributed by atoms with Crippen molar-refractivity contribution in [2.45, 2.75) is 0 Å². The molecule has 172 valence electrons. The van der Waals surface area contributed by atoms with E-state index >= 15 is 0 Å². The molecule has 2 heteroatoms. The molecule has 1 heterocycles. The Balaban J connectivity index is 1.49. The van der Waals surface area contributed by atoms with Gasteiger partial charge in [-0.05, 0) is 68.1 Å². The molecule has 0 saturated carbocycles. The number of aromatic nitrogens is 1. The zero-order valence-corrected chi connectivity index (χ0v) is 20.1. The van der Waals surface area contributed by atoms with Gasteiger partial charge in [-0.2, -0.15) is 0 Å². The molecule has 0 unspecified atom stereocenters. The average molecular weight is 471 g/mol. The van der Waals surface area contributed by atoms with Crippen LogP contribution < -0.4 is 4.90 Å². The lowest BCUT2D eigenvalue weighted by Crippen LogP contribution is -2.12. The first kappa shape index (κ1) is 20.3. The topological polar surface area (TPSA) is 16.1 Å². The molecule has 7 aromatic rings. The van der Waals surface area contributed by atoms with Crippen LogP contribution >= 0.6 is 0 Å². The summed E-state index contributed by atoms with van der Waals surface area (Å²) in [5, 5.41) is 7.48. The standard InChI is InChI=1S/C35H22N2/c1-2-11-24-23(10-1)22-33(28-15-6-5-12-25(24)28)37(34-18-7-8-21-36-34)32-20-19-30-27-14-4-3-13-26(27)29-16-9-17-31(32)35(29)30/h1-22H. The fourth-order valence-electron chi connectivity index (χ4n) is 6.07. The van der Waals surface area contributed by atoms with Gasteiger partial charge < -0.3 is 0 Å². The number of anilines is 3. The van der Waals surface area contributed by atoms with Crippen LogP contribution in [-0.2, 0) is 0 Å². The highest BCUT2D eigenvalue weighted by Crippen LogP contribution is 2.51. The van der Waals surface area contributed by atoms with E-state index in [-0.39, 0.29) is 0 Å². The van der Waals surface area contributed by atoms with Gasteiger partial charge >= 0.3 is 0 Å². The second kappa shape index (κ2) is 7.78. The van der Waals surface area contributed by atoms with Gasteiger partial charge in [0.2, 0.25) is 0 Å². The predicted octanol–water partition coefficient (Wildman–Crippen LogP) is 9.66. The Labute approximate surface area is 215 Å². The molecule has 0 saturated heterocycles. The second-order valence-corrected chi connectivity index (χ2v) is 9.59. The minimum Gasteiger partial charge on any atom is -0.294 e. The summed E-state index contributed by atoms with van der Waals surface area (Å²) in [5.41, 5.74) is 7.47. The molecule has 0 bridgehead atoms. The van der Waals surface area contributed by atoms with Crippen molar-refractivity contribution in [3.63, 3.8) is 0 Å². The third kappa shape index (κ3) is 2.90. The summed E-state index contributed by atoms with van der Waals surface area (Å²) in [6.07, 6.45) is 1.88. The van der Waals surface area contributed by atoms with Crippen molar-refractivity contribution < 1.29 is 0 Å². The van der Waals surface area contributed by atoms with E-state index in [2.05, 4.69) is 126 Å². The Bertz CT molecular complexity index is 1960. The van der Waals surface area contributed by atoms with Crippen molar-refractivity contribution in [3.05, 3.63) is 134 Å². The number of benzene rings is 6. The van der Waals surface area contributed by atoms with E-state index in [1.807, 2.05) is 12.3 Å². The highest BCUT2D eigenvalue weighted by atomic mass is 15.2. The van der Waals surface area contributed by atoms with Gasteiger partial charge in [-0.3, -0.25) is 4.90 Å². The maximum absolute atomic E-state index is 4.85. The summed E-state index contributed by atoms with van der Waals surface area (Å²) >= 11 is 0. The van der Waals surface area contributed by atoms with E-state index in [4.69, 9.17) is 4.98 Å².